The second-order valence-electron chi connectivity index (χ2n) is 3.28. The van der Waals surface area contributed by atoms with Crippen LogP contribution in [0.4, 0.5) is 19.0 Å². The molecule has 0 aliphatic heterocycles. The Morgan fingerprint density at radius 1 is 1.44 bits per heavy atom. The maximum Gasteiger partial charge on any atom is 0.405 e. The monoisotopic (exact) mass is 283 g/mol. The maximum absolute atomic E-state index is 12.4. The van der Waals surface area contributed by atoms with E-state index in [0.29, 0.717) is 0 Å². The summed E-state index contributed by atoms with van der Waals surface area (Å²) < 4.78 is 37.1. The Morgan fingerprint density at radius 3 is 2.61 bits per heavy atom. The number of aliphatic hydroxyl groups is 1. The van der Waals surface area contributed by atoms with E-state index in [0.717, 1.165) is 11.2 Å². The first-order valence-electron chi connectivity index (χ1n) is 4.77. The molecule has 0 unspecified atom stereocenters. The van der Waals surface area contributed by atoms with Crippen LogP contribution in [0.3, 0.4) is 0 Å². The third kappa shape index (κ3) is 3.81. The highest BCUT2D eigenvalue weighted by molar-refractivity contribution is 6.32. The molecule has 0 radical (unpaired) electrons. The summed E-state index contributed by atoms with van der Waals surface area (Å²) in [6, 6.07) is 0. The van der Waals surface area contributed by atoms with E-state index in [2.05, 4.69) is 9.97 Å². The lowest BCUT2D eigenvalue weighted by molar-refractivity contribution is -0.120. The van der Waals surface area contributed by atoms with Crippen molar-refractivity contribution in [1.29, 1.82) is 0 Å². The summed E-state index contributed by atoms with van der Waals surface area (Å²) in [4.78, 5) is 18.6. The van der Waals surface area contributed by atoms with Crippen molar-refractivity contribution in [1.82, 2.24) is 9.97 Å². The molecule has 1 heterocycles. The molecule has 1 N–H and O–H groups in total. The molecule has 0 atom stereocenters. The van der Waals surface area contributed by atoms with Gasteiger partial charge in [0.25, 0.3) is 0 Å². The van der Waals surface area contributed by atoms with Gasteiger partial charge in [-0.25, -0.2) is 9.97 Å². The molecule has 0 bridgehead atoms. The summed E-state index contributed by atoms with van der Waals surface area (Å²) >= 11 is 5.59. The van der Waals surface area contributed by atoms with Gasteiger partial charge in [-0.1, -0.05) is 11.6 Å². The van der Waals surface area contributed by atoms with E-state index < -0.39 is 19.3 Å². The largest absolute Gasteiger partial charge is 0.405 e. The fourth-order valence-corrected chi connectivity index (χ4v) is 1.49. The molecule has 1 rings (SSSR count). The van der Waals surface area contributed by atoms with Gasteiger partial charge < -0.3 is 10.0 Å². The lowest BCUT2D eigenvalue weighted by Crippen LogP contribution is -2.37. The Morgan fingerprint density at radius 2 is 2.11 bits per heavy atom. The van der Waals surface area contributed by atoms with Crippen LogP contribution < -0.4 is 4.90 Å². The van der Waals surface area contributed by atoms with Crippen molar-refractivity contribution in [3.05, 3.63) is 17.0 Å². The van der Waals surface area contributed by atoms with Crippen molar-refractivity contribution >= 4 is 23.7 Å². The molecule has 5 nitrogen and oxygen atoms in total. The lowest BCUT2D eigenvalue weighted by Gasteiger charge is -2.24. The van der Waals surface area contributed by atoms with Crippen molar-refractivity contribution in [2.75, 3.05) is 24.6 Å². The zero-order valence-electron chi connectivity index (χ0n) is 8.98. The van der Waals surface area contributed by atoms with E-state index in [1.807, 2.05) is 0 Å². The van der Waals surface area contributed by atoms with Gasteiger partial charge in [0.05, 0.1) is 12.2 Å². The number of aliphatic hydroxyl groups excluding tert-OH is 1. The summed E-state index contributed by atoms with van der Waals surface area (Å²) in [7, 11) is 0. The topological polar surface area (TPSA) is 66.3 Å². The molecule has 0 aromatic carbocycles. The van der Waals surface area contributed by atoms with Crippen LogP contribution in [0.15, 0.2) is 6.33 Å². The molecular weight excluding hydrogens is 275 g/mol. The van der Waals surface area contributed by atoms with Crippen molar-refractivity contribution in [3.8, 4) is 0 Å². The molecule has 0 aliphatic carbocycles. The number of anilines is 1. The number of alkyl halides is 3. The molecule has 0 saturated carbocycles. The molecular formula is C9H9ClF3N3O2. The Hall–Kier alpha value is -1.41. The van der Waals surface area contributed by atoms with Gasteiger partial charge in [0, 0.05) is 6.54 Å². The van der Waals surface area contributed by atoms with Crippen LogP contribution in [-0.4, -0.2) is 47.2 Å². The average Bonchev–Trinajstić information content (AvgIpc) is 2.26. The quantitative estimate of drug-likeness (QED) is 0.652. The van der Waals surface area contributed by atoms with Crippen LogP contribution in [0, 0.1) is 0 Å². The van der Waals surface area contributed by atoms with Gasteiger partial charge in [0.1, 0.15) is 23.8 Å². The van der Waals surface area contributed by atoms with Crippen molar-refractivity contribution < 1.29 is 23.1 Å². The van der Waals surface area contributed by atoms with Crippen LogP contribution in [0.5, 0.6) is 0 Å². The second kappa shape index (κ2) is 5.96. The standard InChI is InChI=1S/C9H9ClF3N3O2/c10-7-6(3-18)8(15-5-14-7)16(1-2-17)4-9(11,12)13/h3,5,17H,1-2,4H2. The average molecular weight is 284 g/mol. The van der Waals surface area contributed by atoms with Crippen molar-refractivity contribution in [2.45, 2.75) is 6.18 Å². The first-order chi connectivity index (χ1) is 8.39. The van der Waals surface area contributed by atoms with Crippen molar-refractivity contribution in [2.24, 2.45) is 0 Å². The van der Waals surface area contributed by atoms with Crippen LogP contribution >= 0.6 is 11.6 Å². The van der Waals surface area contributed by atoms with E-state index in [1.165, 1.54) is 0 Å². The predicted molar refractivity (Wildman–Crippen MR) is 57.8 cm³/mol. The van der Waals surface area contributed by atoms with Crippen LogP contribution in [0.25, 0.3) is 0 Å². The van der Waals surface area contributed by atoms with Gasteiger partial charge in [-0.15, -0.1) is 0 Å². The first-order valence-corrected chi connectivity index (χ1v) is 5.15. The molecule has 0 amide bonds. The van der Waals surface area contributed by atoms with Crippen LogP contribution in [-0.2, 0) is 0 Å². The summed E-state index contributed by atoms with van der Waals surface area (Å²) in [5.41, 5.74) is -0.239. The summed E-state index contributed by atoms with van der Waals surface area (Å²) in [5, 5.41) is 8.52. The van der Waals surface area contributed by atoms with E-state index in [4.69, 9.17) is 16.7 Å². The molecule has 9 heteroatoms. The minimum atomic E-state index is -4.49. The molecule has 18 heavy (non-hydrogen) atoms. The van der Waals surface area contributed by atoms with E-state index in [-0.39, 0.29) is 29.4 Å². The number of halogens is 4. The fraction of sp³-hybridized carbons (Fsp3) is 0.444. The Bertz CT molecular complexity index is 428. The predicted octanol–water partition coefficient (Wildman–Crippen LogP) is 1.30. The number of carbonyl (C=O) groups is 1. The lowest BCUT2D eigenvalue weighted by atomic mass is 10.3. The highest BCUT2D eigenvalue weighted by Crippen LogP contribution is 2.25. The molecule has 0 aliphatic rings. The molecule has 1 aromatic rings. The second-order valence-corrected chi connectivity index (χ2v) is 3.64. The number of rotatable bonds is 5. The maximum atomic E-state index is 12.4. The molecule has 1 aromatic heterocycles. The number of hydrogen-bond donors (Lipinski definition) is 1. The Kier molecular flexibility index (Phi) is 4.85. The highest BCUT2D eigenvalue weighted by atomic mass is 35.5. The molecule has 0 saturated heterocycles. The number of nitrogens with zero attached hydrogens (tertiary/aromatic N) is 3. The van der Waals surface area contributed by atoms with Gasteiger partial charge in [-0.3, -0.25) is 4.79 Å². The minimum Gasteiger partial charge on any atom is -0.395 e. The van der Waals surface area contributed by atoms with E-state index in [9.17, 15) is 18.0 Å². The van der Waals surface area contributed by atoms with E-state index >= 15 is 0 Å². The SMILES string of the molecule is O=Cc1c(Cl)ncnc1N(CCO)CC(F)(F)F. The van der Waals surface area contributed by atoms with Gasteiger partial charge in [-0.2, -0.15) is 13.2 Å². The normalized spacial score (nSPS) is 11.4. The first kappa shape index (κ1) is 14.7. The van der Waals surface area contributed by atoms with Crippen LogP contribution in [0.1, 0.15) is 10.4 Å². The third-order valence-electron chi connectivity index (χ3n) is 1.97. The highest BCUT2D eigenvalue weighted by Gasteiger charge is 2.32. The van der Waals surface area contributed by atoms with Gasteiger partial charge in [-0.05, 0) is 0 Å². The zero-order valence-corrected chi connectivity index (χ0v) is 9.74. The van der Waals surface area contributed by atoms with Gasteiger partial charge in [0.2, 0.25) is 0 Å². The van der Waals surface area contributed by atoms with Crippen LogP contribution in [0.2, 0.25) is 5.15 Å². The Balaban J connectivity index is 3.13. The number of carbonyl (C=O) groups excluding carboxylic acids is 1. The van der Waals surface area contributed by atoms with Crippen molar-refractivity contribution in [3.63, 3.8) is 0 Å². The number of hydrogen-bond acceptors (Lipinski definition) is 5. The number of aromatic nitrogens is 2. The molecule has 0 fully saturated rings. The Labute approximate surface area is 105 Å². The molecule has 100 valence electrons. The fourth-order valence-electron chi connectivity index (χ4n) is 1.32. The summed E-state index contributed by atoms with van der Waals surface area (Å²) in [6.45, 7) is -2.19. The smallest absolute Gasteiger partial charge is 0.395 e. The summed E-state index contributed by atoms with van der Waals surface area (Å²) in [6.07, 6.45) is -3.27. The molecule has 0 spiro atoms. The van der Waals surface area contributed by atoms with E-state index in [1.54, 1.807) is 0 Å². The zero-order chi connectivity index (χ0) is 13.8. The summed E-state index contributed by atoms with van der Waals surface area (Å²) in [5.74, 6) is -0.253. The third-order valence-corrected chi connectivity index (χ3v) is 2.27. The minimum absolute atomic E-state index is 0.236. The van der Waals surface area contributed by atoms with Gasteiger partial charge in [0.15, 0.2) is 6.29 Å². The van der Waals surface area contributed by atoms with Gasteiger partial charge >= 0.3 is 6.18 Å². The number of aldehydes is 1.